The van der Waals surface area contributed by atoms with Crippen LogP contribution in [0.5, 0.6) is 0 Å². The Morgan fingerprint density at radius 2 is 1.84 bits per heavy atom. The maximum absolute atomic E-state index is 14.1. The number of nitrogens with zero attached hydrogens (tertiary/aromatic N) is 8. The summed E-state index contributed by atoms with van der Waals surface area (Å²) in [7, 11) is 0. The summed E-state index contributed by atoms with van der Waals surface area (Å²) >= 11 is 5.90. The summed E-state index contributed by atoms with van der Waals surface area (Å²) in [5, 5.41) is 18.3. The van der Waals surface area contributed by atoms with Crippen LogP contribution in [0.15, 0.2) is 53.7 Å². The Hall–Kier alpha value is -4.71. The maximum Gasteiger partial charge on any atom is 0.416 e. The number of hydrogen-bond donors (Lipinski definition) is 2. The lowest BCUT2D eigenvalue weighted by Gasteiger charge is -2.22. The number of likely N-dealkylation sites (tertiary alicyclic amines) is 1. The van der Waals surface area contributed by atoms with Crippen molar-refractivity contribution in [2.75, 3.05) is 6.54 Å². The minimum absolute atomic E-state index is 0.0114. The number of hydrogen-bond acceptors (Lipinski definition) is 8. The fraction of sp³-hybridized carbons (Fsp3) is 0.320. The van der Waals surface area contributed by atoms with Crippen LogP contribution in [-0.2, 0) is 17.9 Å². The molecule has 0 saturated carbocycles. The van der Waals surface area contributed by atoms with Crippen molar-refractivity contribution in [1.82, 2.24) is 39.0 Å². The lowest BCUT2D eigenvalue weighted by molar-refractivity contribution is -0.207. The molecular formula is C25H21ClF5N9O4. The molecule has 1 saturated heterocycles. The molecule has 0 spiro atoms. The number of halogens is 6. The minimum atomic E-state index is -5.01. The van der Waals surface area contributed by atoms with E-state index in [1.165, 1.54) is 42.6 Å². The topological polar surface area (TPSA) is 167 Å². The predicted octanol–water partition coefficient (Wildman–Crippen LogP) is 1.65. The van der Waals surface area contributed by atoms with E-state index in [2.05, 4.69) is 20.2 Å². The first-order chi connectivity index (χ1) is 20.6. The first kappa shape index (κ1) is 30.7. The van der Waals surface area contributed by atoms with Crippen LogP contribution in [0, 0.1) is 0 Å². The standard InChI is InChI=1S/C25H21ClF5N9O4/c26-14-5-3-13(4-6-14)21-36-39(23(44)37(21)9-17(41)25(29,30)31)10-18-34-12-40(35-18)15-2-1-7-33-19(15)22(43)38-11-24(27,28)8-16(38)20(32)42/h1-7,12,16-17,41H,8-11H2,(H2,32,42)/t16-,17-/m0/s1. The summed E-state index contributed by atoms with van der Waals surface area (Å²) in [6.07, 6.45) is -6.47. The van der Waals surface area contributed by atoms with Crippen molar-refractivity contribution in [2.45, 2.75) is 43.8 Å². The summed E-state index contributed by atoms with van der Waals surface area (Å²) in [5.74, 6) is -5.74. The van der Waals surface area contributed by atoms with E-state index in [0.29, 0.717) is 14.5 Å². The number of alkyl halides is 5. The third-order valence-corrected chi connectivity index (χ3v) is 6.94. The highest BCUT2D eigenvalue weighted by molar-refractivity contribution is 6.30. The fourth-order valence-electron chi connectivity index (χ4n) is 4.58. The molecular weight excluding hydrogens is 621 g/mol. The van der Waals surface area contributed by atoms with E-state index in [1.54, 1.807) is 0 Å². The Morgan fingerprint density at radius 3 is 2.50 bits per heavy atom. The van der Waals surface area contributed by atoms with Crippen LogP contribution < -0.4 is 11.4 Å². The van der Waals surface area contributed by atoms with Crippen LogP contribution in [0.1, 0.15) is 22.7 Å². The Labute approximate surface area is 248 Å². The minimum Gasteiger partial charge on any atom is -0.382 e. The molecule has 0 bridgehead atoms. The van der Waals surface area contributed by atoms with E-state index in [4.69, 9.17) is 17.3 Å². The molecule has 4 heterocycles. The number of aliphatic hydroxyl groups is 1. The monoisotopic (exact) mass is 641 g/mol. The first-order valence-corrected chi connectivity index (χ1v) is 13.0. The molecule has 3 aromatic heterocycles. The van der Waals surface area contributed by atoms with Crippen LogP contribution in [0.4, 0.5) is 22.0 Å². The third-order valence-electron chi connectivity index (χ3n) is 6.68. The Kier molecular flexibility index (Phi) is 7.98. The SMILES string of the molecule is NC(=O)[C@@H]1CC(F)(F)CN1C(=O)c1ncccc1-n1cnc(Cn2nc(-c3ccc(Cl)cc3)n(C[C@H](O)C(F)(F)F)c2=O)n1. The molecule has 19 heteroatoms. The van der Waals surface area contributed by atoms with Gasteiger partial charge in [0.2, 0.25) is 5.91 Å². The van der Waals surface area contributed by atoms with Gasteiger partial charge in [-0.25, -0.2) is 32.9 Å². The first-order valence-electron chi connectivity index (χ1n) is 12.7. The number of aromatic nitrogens is 7. The number of carbonyl (C=O) groups excluding carboxylic acids is 2. The van der Waals surface area contributed by atoms with Gasteiger partial charge in [0.05, 0.1) is 18.8 Å². The Morgan fingerprint density at radius 1 is 1.14 bits per heavy atom. The fourth-order valence-corrected chi connectivity index (χ4v) is 4.71. The van der Waals surface area contributed by atoms with Gasteiger partial charge in [0, 0.05) is 23.2 Å². The largest absolute Gasteiger partial charge is 0.416 e. The molecule has 1 aromatic carbocycles. The smallest absolute Gasteiger partial charge is 0.382 e. The van der Waals surface area contributed by atoms with Gasteiger partial charge in [-0.15, -0.1) is 10.2 Å². The van der Waals surface area contributed by atoms with Crippen molar-refractivity contribution >= 4 is 23.4 Å². The van der Waals surface area contributed by atoms with Gasteiger partial charge in [-0.3, -0.25) is 14.2 Å². The van der Waals surface area contributed by atoms with Crippen molar-refractivity contribution in [3.05, 3.63) is 75.9 Å². The molecule has 13 nitrogen and oxygen atoms in total. The van der Waals surface area contributed by atoms with Gasteiger partial charge in [-0.1, -0.05) is 11.6 Å². The highest BCUT2D eigenvalue weighted by Gasteiger charge is 2.50. The second kappa shape index (κ2) is 11.4. The van der Waals surface area contributed by atoms with Crippen molar-refractivity contribution in [3.63, 3.8) is 0 Å². The summed E-state index contributed by atoms with van der Waals surface area (Å²) in [5.41, 5.74) is 4.10. The third kappa shape index (κ3) is 6.16. The summed E-state index contributed by atoms with van der Waals surface area (Å²) in [4.78, 5) is 46.8. The molecule has 44 heavy (non-hydrogen) atoms. The summed E-state index contributed by atoms with van der Waals surface area (Å²) < 4.78 is 70.0. The number of primary amides is 1. The lowest BCUT2D eigenvalue weighted by atomic mass is 10.1. The van der Waals surface area contributed by atoms with Gasteiger partial charge in [-0.05, 0) is 36.4 Å². The molecule has 3 N–H and O–H groups in total. The van der Waals surface area contributed by atoms with E-state index in [9.17, 15) is 41.4 Å². The molecule has 0 radical (unpaired) electrons. The highest BCUT2D eigenvalue weighted by atomic mass is 35.5. The van der Waals surface area contributed by atoms with E-state index >= 15 is 0 Å². The molecule has 4 aromatic rings. The number of benzene rings is 1. The zero-order chi connectivity index (χ0) is 32.0. The van der Waals surface area contributed by atoms with Crippen molar-refractivity contribution < 1.29 is 36.6 Å². The zero-order valence-electron chi connectivity index (χ0n) is 22.2. The van der Waals surface area contributed by atoms with Crippen LogP contribution >= 0.6 is 11.6 Å². The van der Waals surface area contributed by atoms with Gasteiger partial charge < -0.3 is 15.7 Å². The van der Waals surface area contributed by atoms with Crippen LogP contribution in [0.25, 0.3) is 17.1 Å². The number of pyridine rings is 1. The van der Waals surface area contributed by atoms with Gasteiger partial charge >= 0.3 is 11.9 Å². The van der Waals surface area contributed by atoms with Gasteiger partial charge in [0.25, 0.3) is 11.8 Å². The molecule has 1 aliphatic heterocycles. The molecule has 1 aliphatic rings. The summed E-state index contributed by atoms with van der Waals surface area (Å²) in [6.45, 7) is -2.65. The Bertz CT molecular complexity index is 1770. The number of carbonyl (C=O) groups is 2. The average molecular weight is 642 g/mol. The van der Waals surface area contributed by atoms with Crippen molar-refractivity contribution in [1.29, 1.82) is 0 Å². The van der Waals surface area contributed by atoms with Gasteiger partial charge in [0.15, 0.2) is 23.4 Å². The van der Waals surface area contributed by atoms with E-state index in [-0.39, 0.29) is 28.6 Å². The molecule has 2 atom stereocenters. The maximum atomic E-state index is 14.1. The van der Waals surface area contributed by atoms with E-state index in [0.717, 1.165) is 15.7 Å². The molecule has 1 fully saturated rings. The van der Waals surface area contributed by atoms with Gasteiger partial charge in [-0.2, -0.15) is 13.2 Å². The van der Waals surface area contributed by atoms with Crippen molar-refractivity contribution in [2.24, 2.45) is 5.73 Å². The quantitative estimate of drug-likeness (QED) is 0.274. The number of nitrogens with two attached hydrogens (primary N) is 1. The summed E-state index contributed by atoms with van der Waals surface area (Å²) in [6, 6.07) is 6.98. The van der Waals surface area contributed by atoms with Crippen LogP contribution in [0.2, 0.25) is 5.02 Å². The second-order valence-corrected chi connectivity index (χ2v) is 10.3. The van der Waals surface area contributed by atoms with Gasteiger partial charge in [0.1, 0.15) is 18.9 Å². The number of rotatable bonds is 8. The van der Waals surface area contributed by atoms with Crippen molar-refractivity contribution in [3.8, 4) is 17.1 Å². The molecule has 0 aliphatic carbocycles. The second-order valence-electron chi connectivity index (χ2n) is 9.83. The average Bonchev–Trinajstić information content (AvgIpc) is 3.65. The van der Waals surface area contributed by atoms with E-state index in [1.807, 2.05) is 0 Å². The number of amides is 2. The molecule has 2 amide bonds. The van der Waals surface area contributed by atoms with Crippen LogP contribution in [0.3, 0.4) is 0 Å². The Balaban J connectivity index is 1.46. The highest BCUT2D eigenvalue weighted by Crippen LogP contribution is 2.33. The molecule has 232 valence electrons. The molecule has 5 rings (SSSR count). The number of aliphatic hydroxyl groups excluding tert-OH is 1. The zero-order valence-corrected chi connectivity index (χ0v) is 23.0. The normalized spacial score (nSPS) is 17.2. The predicted molar refractivity (Wildman–Crippen MR) is 141 cm³/mol. The van der Waals surface area contributed by atoms with E-state index < -0.39 is 67.8 Å². The van der Waals surface area contributed by atoms with Crippen LogP contribution in [-0.4, -0.2) is 86.7 Å². The lowest BCUT2D eigenvalue weighted by Crippen LogP contribution is -2.44. The molecule has 0 unspecified atom stereocenters.